The number of aliphatic hydroxyl groups excluding tert-OH is 1. The molecular formula is C13H17N3O2. The normalized spacial score (nSPS) is 13.2. The van der Waals surface area contributed by atoms with Gasteiger partial charge >= 0.3 is 6.03 Å². The minimum Gasteiger partial charge on any atom is -0.394 e. The lowest BCUT2D eigenvalue weighted by Crippen LogP contribution is -2.50. The van der Waals surface area contributed by atoms with Crippen LogP contribution in [0.25, 0.3) is 0 Å². The van der Waals surface area contributed by atoms with E-state index in [1.54, 1.807) is 31.2 Å². The van der Waals surface area contributed by atoms with Gasteiger partial charge in [-0.15, -0.1) is 0 Å². The number of aliphatic hydroxyl groups is 1. The van der Waals surface area contributed by atoms with Gasteiger partial charge in [0.15, 0.2) is 0 Å². The van der Waals surface area contributed by atoms with Crippen molar-refractivity contribution in [1.82, 2.24) is 5.32 Å². The van der Waals surface area contributed by atoms with Crippen LogP contribution in [0.15, 0.2) is 24.3 Å². The number of carbonyl (C=O) groups excluding carboxylic acids is 1. The van der Waals surface area contributed by atoms with Crippen LogP contribution in [0.2, 0.25) is 0 Å². The van der Waals surface area contributed by atoms with E-state index in [9.17, 15) is 9.90 Å². The second-order valence-corrected chi connectivity index (χ2v) is 4.34. The van der Waals surface area contributed by atoms with Gasteiger partial charge in [-0.2, -0.15) is 5.26 Å². The number of nitrogens with one attached hydrogen (secondary N) is 2. The molecule has 5 heteroatoms. The second-order valence-electron chi connectivity index (χ2n) is 4.34. The maximum atomic E-state index is 11.7. The van der Waals surface area contributed by atoms with Crippen LogP contribution in [-0.4, -0.2) is 23.3 Å². The molecule has 0 aliphatic heterocycles. The van der Waals surface area contributed by atoms with Gasteiger partial charge in [-0.3, -0.25) is 0 Å². The molecule has 0 spiro atoms. The average Bonchev–Trinajstić information content (AvgIpc) is 2.38. The zero-order valence-electron chi connectivity index (χ0n) is 10.5. The van der Waals surface area contributed by atoms with Gasteiger partial charge in [-0.1, -0.05) is 13.0 Å². The Hall–Kier alpha value is -2.06. The smallest absolute Gasteiger partial charge is 0.319 e. The first-order chi connectivity index (χ1) is 8.53. The van der Waals surface area contributed by atoms with Gasteiger partial charge < -0.3 is 15.7 Å². The zero-order chi connectivity index (χ0) is 13.6. The Labute approximate surface area is 106 Å². The topological polar surface area (TPSA) is 85.2 Å². The SMILES string of the molecule is CCC(C)(CO)NC(=O)Nc1cccc(C#N)c1. The summed E-state index contributed by atoms with van der Waals surface area (Å²) in [7, 11) is 0. The second kappa shape index (κ2) is 6.03. The van der Waals surface area contributed by atoms with Crippen molar-refractivity contribution in [2.75, 3.05) is 11.9 Å². The molecule has 0 aromatic heterocycles. The molecule has 18 heavy (non-hydrogen) atoms. The van der Waals surface area contributed by atoms with E-state index in [0.717, 1.165) is 0 Å². The van der Waals surface area contributed by atoms with Crippen LogP contribution in [0.1, 0.15) is 25.8 Å². The summed E-state index contributed by atoms with van der Waals surface area (Å²) in [5, 5.41) is 23.3. The third-order valence-electron chi connectivity index (χ3n) is 2.79. The number of benzene rings is 1. The van der Waals surface area contributed by atoms with Crippen molar-refractivity contribution in [3.8, 4) is 6.07 Å². The van der Waals surface area contributed by atoms with Crippen LogP contribution in [0, 0.1) is 11.3 Å². The highest BCUT2D eigenvalue weighted by Crippen LogP contribution is 2.11. The molecule has 1 aromatic carbocycles. The third-order valence-corrected chi connectivity index (χ3v) is 2.79. The summed E-state index contributed by atoms with van der Waals surface area (Å²) < 4.78 is 0. The minimum atomic E-state index is -0.642. The monoisotopic (exact) mass is 247 g/mol. The Kier molecular flexibility index (Phi) is 4.69. The van der Waals surface area contributed by atoms with Crippen molar-refractivity contribution in [1.29, 1.82) is 5.26 Å². The average molecular weight is 247 g/mol. The van der Waals surface area contributed by atoms with Gasteiger partial charge in [0.1, 0.15) is 0 Å². The Morgan fingerprint density at radius 1 is 1.56 bits per heavy atom. The lowest BCUT2D eigenvalue weighted by atomic mass is 10.0. The number of nitriles is 1. The molecule has 2 amide bonds. The van der Waals surface area contributed by atoms with Crippen molar-refractivity contribution < 1.29 is 9.90 Å². The van der Waals surface area contributed by atoms with Gasteiger partial charge in [0.05, 0.1) is 23.8 Å². The number of hydrogen-bond donors (Lipinski definition) is 3. The molecule has 0 radical (unpaired) electrons. The molecule has 0 aliphatic rings. The van der Waals surface area contributed by atoms with Crippen molar-refractivity contribution in [3.63, 3.8) is 0 Å². The first-order valence-corrected chi connectivity index (χ1v) is 5.73. The number of amides is 2. The van der Waals surface area contributed by atoms with E-state index >= 15 is 0 Å². The molecule has 1 aromatic rings. The number of rotatable bonds is 4. The Morgan fingerprint density at radius 3 is 2.83 bits per heavy atom. The number of urea groups is 1. The quantitative estimate of drug-likeness (QED) is 0.759. The predicted octanol–water partition coefficient (Wildman–Crippen LogP) is 1.84. The molecule has 0 bridgehead atoms. The first-order valence-electron chi connectivity index (χ1n) is 5.73. The molecule has 0 saturated carbocycles. The van der Waals surface area contributed by atoms with Crippen LogP contribution in [-0.2, 0) is 0 Å². The van der Waals surface area contributed by atoms with Gasteiger partial charge in [0, 0.05) is 5.69 Å². The van der Waals surface area contributed by atoms with Crippen LogP contribution in [0.5, 0.6) is 0 Å². The summed E-state index contributed by atoms with van der Waals surface area (Å²) in [4.78, 5) is 11.7. The van der Waals surface area contributed by atoms with Crippen molar-refractivity contribution >= 4 is 11.7 Å². The van der Waals surface area contributed by atoms with E-state index in [1.165, 1.54) is 0 Å². The number of hydrogen-bond acceptors (Lipinski definition) is 3. The standard InChI is InChI=1S/C13H17N3O2/c1-3-13(2,9-17)16-12(18)15-11-6-4-5-10(7-11)8-14/h4-7,17H,3,9H2,1-2H3,(H2,15,16,18). The van der Waals surface area contributed by atoms with E-state index in [-0.39, 0.29) is 6.61 Å². The highest BCUT2D eigenvalue weighted by Gasteiger charge is 2.23. The lowest BCUT2D eigenvalue weighted by molar-refractivity contribution is 0.172. The maximum Gasteiger partial charge on any atom is 0.319 e. The molecule has 5 nitrogen and oxygen atoms in total. The maximum absolute atomic E-state index is 11.7. The molecule has 0 fully saturated rings. The highest BCUT2D eigenvalue weighted by molar-refractivity contribution is 5.89. The minimum absolute atomic E-state index is 0.130. The molecule has 1 rings (SSSR count). The number of nitrogens with zero attached hydrogens (tertiary/aromatic N) is 1. The molecule has 0 aliphatic carbocycles. The van der Waals surface area contributed by atoms with Crippen LogP contribution >= 0.6 is 0 Å². The van der Waals surface area contributed by atoms with Gasteiger partial charge in [0.2, 0.25) is 0 Å². The van der Waals surface area contributed by atoms with Crippen molar-refractivity contribution in [2.45, 2.75) is 25.8 Å². The molecule has 1 unspecified atom stereocenters. The summed E-state index contributed by atoms with van der Waals surface area (Å²) in [6, 6.07) is 8.24. The summed E-state index contributed by atoms with van der Waals surface area (Å²) in [5.41, 5.74) is 0.382. The summed E-state index contributed by atoms with van der Waals surface area (Å²) in [6.07, 6.45) is 0.620. The van der Waals surface area contributed by atoms with Crippen molar-refractivity contribution in [3.05, 3.63) is 29.8 Å². The lowest BCUT2D eigenvalue weighted by Gasteiger charge is -2.27. The zero-order valence-corrected chi connectivity index (χ0v) is 10.5. The summed E-state index contributed by atoms with van der Waals surface area (Å²) in [5.74, 6) is 0. The van der Waals surface area contributed by atoms with Crippen LogP contribution < -0.4 is 10.6 Å². The molecule has 0 heterocycles. The fourth-order valence-electron chi connectivity index (χ4n) is 1.34. The molecule has 0 saturated heterocycles. The fourth-order valence-corrected chi connectivity index (χ4v) is 1.34. The van der Waals surface area contributed by atoms with Gasteiger partial charge in [-0.05, 0) is 31.5 Å². The van der Waals surface area contributed by atoms with E-state index in [1.807, 2.05) is 13.0 Å². The number of carbonyl (C=O) groups is 1. The molecular weight excluding hydrogens is 230 g/mol. The first kappa shape index (κ1) is 14.0. The summed E-state index contributed by atoms with van der Waals surface area (Å²) in [6.45, 7) is 3.51. The van der Waals surface area contributed by atoms with Gasteiger partial charge in [0.25, 0.3) is 0 Å². The fraction of sp³-hybridized carbons (Fsp3) is 0.385. The summed E-state index contributed by atoms with van der Waals surface area (Å²) >= 11 is 0. The number of anilines is 1. The van der Waals surface area contributed by atoms with E-state index in [0.29, 0.717) is 17.7 Å². The van der Waals surface area contributed by atoms with Gasteiger partial charge in [-0.25, -0.2) is 4.79 Å². The molecule has 3 N–H and O–H groups in total. The third kappa shape index (κ3) is 3.75. The largest absolute Gasteiger partial charge is 0.394 e. The van der Waals surface area contributed by atoms with E-state index < -0.39 is 11.6 Å². The van der Waals surface area contributed by atoms with E-state index in [2.05, 4.69) is 10.6 Å². The molecule has 96 valence electrons. The van der Waals surface area contributed by atoms with E-state index in [4.69, 9.17) is 5.26 Å². The predicted molar refractivity (Wildman–Crippen MR) is 69.1 cm³/mol. The highest BCUT2D eigenvalue weighted by atomic mass is 16.3. The van der Waals surface area contributed by atoms with Crippen LogP contribution in [0.3, 0.4) is 0 Å². The van der Waals surface area contributed by atoms with Crippen molar-refractivity contribution in [2.24, 2.45) is 0 Å². The van der Waals surface area contributed by atoms with Crippen LogP contribution in [0.4, 0.5) is 10.5 Å². The Morgan fingerprint density at radius 2 is 2.28 bits per heavy atom. The Balaban J connectivity index is 2.68. The Bertz CT molecular complexity index is 462. The molecule has 1 atom stereocenters.